The average Bonchev–Trinajstić information content (AvgIpc) is 3.42. The fraction of sp³-hybridized carbons (Fsp3) is 0.833. The topological polar surface area (TPSA) is 74.5 Å². The van der Waals surface area contributed by atoms with Crippen LogP contribution >= 0.6 is 0 Å². The number of aliphatic hydroxyl groups excluding tert-OH is 1. The quantitative estimate of drug-likeness (QED) is 0.875. The highest BCUT2D eigenvalue weighted by molar-refractivity contribution is 5.81. The lowest BCUT2D eigenvalue weighted by Crippen LogP contribution is -2.39. The number of carbonyl (C=O) groups is 1. The number of hydrogen-bond acceptors (Lipinski definition) is 5. The first kappa shape index (κ1) is 17.0. The smallest absolute Gasteiger partial charge is 0.225 e. The standard InChI is InChI=1S/C18H29N5O2/c1-21-16(12-22-8-6-15(24)7-9-22)19-20-17(21)13-4-10-23(11-5-13)18(25)14-2-3-14/h13-15,24H,2-12H2,1H3. The van der Waals surface area contributed by atoms with Crippen LogP contribution in [-0.2, 0) is 18.4 Å². The van der Waals surface area contributed by atoms with E-state index in [1.807, 2.05) is 4.90 Å². The van der Waals surface area contributed by atoms with Crippen molar-refractivity contribution >= 4 is 5.91 Å². The molecule has 1 aromatic heterocycles. The van der Waals surface area contributed by atoms with Gasteiger partial charge in [0.2, 0.25) is 5.91 Å². The van der Waals surface area contributed by atoms with Crippen molar-refractivity contribution in [1.82, 2.24) is 24.6 Å². The number of hydrogen-bond donors (Lipinski definition) is 1. The summed E-state index contributed by atoms with van der Waals surface area (Å²) in [6, 6.07) is 0. The van der Waals surface area contributed by atoms with Gasteiger partial charge in [-0.1, -0.05) is 0 Å². The maximum atomic E-state index is 12.2. The largest absolute Gasteiger partial charge is 0.393 e. The SMILES string of the molecule is Cn1c(CN2CCC(O)CC2)nnc1C1CCN(C(=O)C2CC2)CC1. The van der Waals surface area contributed by atoms with Crippen LogP contribution in [0.15, 0.2) is 0 Å². The highest BCUT2D eigenvalue weighted by Crippen LogP contribution is 2.34. The van der Waals surface area contributed by atoms with Crippen molar-refractivity contribution in [2.45, 2.75) is 57.1 Å². The number of likely N-dealkylation sites (tertiary alicyclic amines) is 2. The van der Waals surface area contributed by atoms with Crippen LogP contribution in [0.3, 0.4) is 0 Å². The highest BCUT2D eigenvalue weighted by Gasteiger charge is 2.35. The van der Waals surface area contributed by atoms with E-state index in [1.54, 1.807) is 0 Å². The Balaban J connectivity index is 1.34. The summed E-state index contributed by atoms with van der Waals surface area (Å²) in [5, 5.41) is 18.5. The Kier molecular flexibility index (Phi) is 4.78. The molecule has 0 unspecified atom stereocenters. The summed E-state index contributed by atoms with van der Waals surface area (Å²) in [6.07, 6.45) is 5.68. The lowest BCUT2D eigenvalue weighted by molar-refractivity contribution is -0.133. The van der Waals surface area contributed by atoms with Crippen LogP contribution in [0.4, 0.5) is 0 Å². The number of piperidine rings is 2. The highest BCUT2D eigenvalue weighted by atomic mass is 16.3. The van der Waals surface area contributed by atoms with Crippen molar-refractivity contribution in [3.8, 4) is 0 Å². The molecule has 7 nitrogen and oxygen atoms in total. The first-order valence-electron chi connectivity index (χ1n) is 9.69. The minimum absolute atomic E-state index is 0.144. The number of nitrogens with zero attached hydrogens (tertiary/aromatic N) is 5. The summed E-state index contributed by atoms with van der Waals surface area (Å²) in [5.41, 5.74) is 0. The molecule has 3 heterocycles. The Bertz CT molecular complexity index is 611. The molecule has 1 aliphatic carbocycles. The molecule has 0 aromatic carbocycles. The number of carbonyl (C=O) groups excluding carboxylic acids is 1. The zero-order valence-electron chi connectivity index (χ0n) is 15.1. The molecule has 1 amide bonds. The molecule has 0 bridgehead atoms. The van der Waals surface area contributed by atoms with Gasteiger partial charge >= 0.3 is 0 Å². The van der Waals surface area contributed by atoms with Crippen molar-refractivity contribution in [3.05, 3.63) is 11.6 Å². The predicted molar refractivity (Wildman–Crippen MR) is 92.8 cm³/mol. The second kappa shape index (κ2) is 7.03. The first-order valence-corrected chi connectivity index (χ1v) is 9.69. The molecule has 4 rings (SSSR count). The van der Waals surface area contributed by atoms with Crippen LogP contribution in [0, 0.1) is 5.92 Å². The van der Waals surface area contributed by atoms with Gasteiger partial charge in [-0.3, -0.25) is 9.69 Å². The summed E-state index contributed by atoms with van der Waals surface area (Å²) < 4.78 is 2.15. The molecule has 1 saturated carbocycles. The summed E-state index contributed by atoms with van der Waals surface area (Å²) in [4.78, 5) is 16.6. The van der Waals surface area contributed by atoms with E-state index in [0.29, 0.717) is 17.7 Å². The van der Waals surface area contributed by atoms with E-state index in [9.17, 15) is 9.90 Å². The number of amides is 1. The predicted octanol–water partition coefficient (Wildman–Crippen LogP) is 0.888. The van der Waals surface area contributed by atoms with Gasteiger partial charge in [0.05, 0.1) is 12.6 Å². The van der Waals surface area contributed by atoms with Gasteiger partial charge in [-0.25, -0.2) is 0 Å². The lowest BCUT2D eigenvalue weighted by Gasteiger charge is -2.32. The van der Waals surface area contributed by atoms with Gasteiger partial charge < -0.3 is 14.6 Å². The molecule has 2 saturated heterocycles. The maximum absolute atomic E-state index is 12.2. The molecule has 2 aliphatic heterocycles. The van der Waals surface area contributed by atoms with E-state index in [1.165, 1.54) is 0 Å². The maximum Gasteiger partial charge on any atom is 0.225 e. The second-order valence-corrected chi connectivity index (χ2v) is 7.91. The van der Waals surface area contributed by atoms with Gasteiger partial charge in [-0.2, -0.15) is 0 Å². The Morgan fingerprint density at radius 2 is 1.72 bits per heavy atom. The molecule has 0 spiro atoms. The van der Waals surface area contributed by atoms with Crippen LogP contribution in [0.25, 0.3) is 0 Å². The van der Waals surface area contributed by atoms with Crippen LogP contribution in [0.5, 0.6) is 0 Å². The van der Waals surface area contributed by atoms with Crippen molar-refractivity contribution in [1.29, 1.82) is 0 Å². The van der Waals surface area contributed by atoms with Crippen molar-refractivity contribution in [2.75, 3.05) is 26.2 Å². The first-order chi connectivity index (χ1) is 12.1. The zero-order chi connectivity index (χ0) is 17.4. The number of aromatic nitrogens is 3. The van der Waals surface area contributed by atoms with E-state index in [4.69, 9.17) is 0 Å². The summed E-state index contributed by atoms with van der Waals surface area (Å²) in [6.45, 7) is 4.35. The number of aliphatic hydroxyl groups is 1. The molecular formula is C18H29N5O2. The fourth-order valence-electron chi connectivity index (χ4n) is 4.09. The van der Waals surface area contributed by atoms with Gasteiger partial charge in [0, 0.05) is 45.1 Å². The van der Waals surface area contributed by atoms with Gasteiger partial charge in [0.15, 0.2) is 0 Å². The zero-order valence-corrected chi connectivity index (χ0v) is 15.1. The van der Waals surface area contributed by atoms with Gasteiger partial charge in [0.25, 0.3) is 0 Å². The van der Waals surface area contributed by atoms with E-state index in [-0.39, 0.29) is 6.10 Å². The third-order valence-electron chi connectivity index (χ3n) is 6.02. The van der Waals surface area contributed by atoms with Crippen LogP contribution in [0.1, 0.15) is 56.1 Å². The van der Waals surface area contributed by atoms with Crippen LogP contribution < -0.4 is 0 Å². The lowest BCUT2D eigenvalue weighted by atomic mass is 9.95. The summed E-state index contributed by atoms with van der Waals surface area (Å²) >= 11 is 0. The van der Waals surface area contributed by atoms with Crippen molar-refractivity contribution < 1.29 is 9.90 Å². The van der Waals surface area contributed by atoms with Crippen LogP contribution in [0.2, 0.25) is 0 Å². The molecule has 3 fully saturated rings. The van der Waals surface area contributed by atoms with E-state index < -0.39 is 0 Å². The minimum Gasteiger partial charge on any atom is -0.393 e. The molecule has 7 heteroatoms. The molecule has 25 heavy (non-hydrogen) atoms. The fourth-order valence-corrected chi connectivity index (χ4v) is 4.09. The van der Waals surface area contributed by atoms with Crippen molar-refractivity contribution in [3.63, 3.8) is 0 Å². The Labute approximate surface area is 149 Å². The third-order valence-corrected chi connectivity index (χ3v) is 6.02. The van der Waals surface area contributed by atoms with E-state index >= 15 is 0 Å². The Hall–Kier alpha value is -1.47. The normalized spacial score (nSPS) is 24.0. The number of rotatable bonds is 4. The molecular weight excluding hydrogens is 318 g/mol. The molecule has 3 aliphatic rings. The van der Waals surface area contributed by atoms with E-state index in [2.05, 4.69) is 26.7 Å². The van der Waals surface area contributed by atoms with Gasteiger partial charge in [-0.15, -0.1) is 10.2 Å². The monoisotopic (exact) mass is 347 g/mol. The molecule has 138 valence electrons. The Morgan fingerprint density at radius 3 is 2.36 bits per heavy atom. The third kappa shape index (κ3) is 3.72. The second-order valence-electron chi connectivity index (χ2n) is 7.91. The van der Waals surface area contributed by atoms with Gasteiger partial charge in [-0.05, 0) is 38.5 Å². The molecule has 1 aromatic rings. The van der Waals surface area contributed by atoms with Gasteiger partial charge in [0.1, 0.15) is 11.6 Å². The minimum atomic E-state index is -0.144. The molecule has 0 radical (unpaired) electrons. The summed E-state index contributed by atoms with van der Waals surface area (Å²) in [7, 11) is 2.06. The molecule has 0 atom stereocenters. The Morgan fingerprint density at radius 1 is 1.04 bits per heavy atom. The van der Waals surface area contributed by atoms with Crippen LogP contribution in [-0.4, -0.2) is 67.9 Å². The average molecular weight is 347 g/mol. The molecule has 1 N–H and O–H groups in total. The van der Waals surface area contributed by atoms with Crippen molar-refractivity contribution in [2.24, 2.45) is 13.0 Å². The summed E-state index contributed by atoms with van der Waals surface area (Å²) in [5.74, 6) is 3.15. The van der Waals surface area contributed by atoms with E-state index in [0.717, 1.165) is 82.9 Å².